The summed E-state index contributed by atoms with van der Waals surface area (Å²) in [5.74, 6) is 0.158. The lowest BCUT2D eigenvalue weighted by molar-refractivity contribution is 0.627. The highest BCUT2D eigenvalue weighted by Gasteiger charge is 2.21. The standard InChI is InChI=1S/C17H14FNOS2/c18-15-8-6-14(7-9-15)17(13-4-2-1-3-5-13)22(20)11-16-10-19-12-21-16/h1-10,12,17H,11H2/t17-,22-/m1/s1. The zero-order valence-corrected chi connectivity index (χ0v) is 13.3. The van der Waals surface area contributed by atoms with Crippen molar-refractivity contribution in [2.24, 2.45) is 0 Å². The lowest BCUT2D eigenvalue weighted by Crippen LogP contribution is -2.10. The van der Waals surface area contributed by atoms with Crippen LogP contribution in [0.2, 0.25) is 0 Å². The second-order valence-corrected chi connectivity index (χ2v) is 7.33. The van der Waals surface area contributed by atoms with Crippen LogP contribution in [0.4, 0.5) is 4.39 Å². The van der Waals surface area contributed by atoms with Gasteiger partial charge in [0.15, 0.2) is 0 Å². The van der Waals surface area contributed by atoms with E-state index in [1.165, 1.54) is 23.5 Å². The van der Waals surface area contributed by atoms with Crippen molar-refractivity contribution in [3.05, 3.63) is 88.1 Å². The van der Waals surface area contributed by atoms with Crippen LogP contribution in [-0.2, 0) is 16.6 Å². The molecule has 112 valence electrons. The Morgan fingerprint density at radius 1 is 1.05 bits per heavy atom. The second-order valence-electron chi connectivity index (χ2n) is 4.84. The second kappa shape index (κ2) is 6.94. The summed E-state index contributed by atoms with van der Waals surface area (Å²) in [5.41, 5.74) is 3.56. The number of aromatic nitrogens is 1. The number of hydrogen-bond donors (Lipinski definition) is 0. The minimum atomic E-state index is -1.15. The Morgan fingerprint density at radius 2 is 1.73 bits per heavy atom. The fourth-order valence-corrected chi connectivity index (χ4v) is 4.74. The van der Waals surface area contributed by atoms with Gasteiger partial charge in [-0.2, -0.15) is 0 Å². The molecule has 5 heteroatoms. The van der Waals surface area contributed by atoms with Gasteiger partial charge < -0.3 is 0 Å². The van der Waals surface area contributed by atoms with Gasteiger partial charge in [0.25, 0.3) is 0 Å². The predicted octanol–water partition coefficient (Wildman–Crippen LogP) is 4.32. The Kier molecular flexibility index (Phi) is 4.75. The third-order valence-corrected chi connectivity index (χ3v) is 5.93. The molecule has 2 aromatic carbocycles. The lowest BCUT2D eigenvalue weighted by Gasteiger charge is -2.17. The largest absolute Gasteiger partial charge is 0.258 e. The van der Waals surface area contributed by atoms with Crippen LogP contribution in [0.1, 0.15) is 21.3 Å². The molecular weight excluding hydrogens is 317 g/mol. The SMILES string of the molecule is O=[S@](Cc1cncs1)[C@H](c1ccccc1)c1ccc(F)cc1. The van der Waals surface area contributed by atoms with Crippen LogP contribution in [0.15, 0.2) is 66.3 Å². The van der Waals surface area contributed by atoms with Crippen LogP contribution < -0.4 is 0 Å². The monoisotopic (exact) mass is 331 g/mol. The van der Waals surface area contributed by atoms with E-state index in [1.807, 2.05) is 30.3 Å². The van der Waals surface area contributed by atoms with Gasteiger partial charge in [0.05, 0.1) is 16.5 Å². The first-order valence-corrected chi connectivity index (χ1v) is 9.05. The minimum Gasteiger partial charge on any atom is -0.258 e. The van der Waals surface area contributed by atoms with Crippen molar-refractivity contribution >= 4 is 22.1 Å². The van der Waals surface area contributed by atoms with Crippen molar-refractivity contribution in [1.82, 2.24) is 4.98 Å². The average molecular weight is 331 g/mol. The van der Waals surface area contributed by atoms with E-state index in [1.54, 1.807) is 23.8 Å². The van der Waals surface area contributed by atoms with Gasteiger partial charge in [-0.1, -0.05) is 42.5 Å². The summed E-state index contributed by atoms with van der Waals surface area (Å²) >= 11 is 1.50. The number of nitrogens with zero attached hydrogens (tertiary/aromatic N) is 1. The molecule has 0 fully saturated rings. The molecule has 0 spiro atoms. The van der Waals surface area contributed by atoms with Crippen molar-refractivity contribution in [2.75, 3.05) is 0 Å². The van der Waals surface area contributed by atoms with Crippen LogP contribution in [0, 0.1) is 5.82 Å². The predicted molar refractivity (Wildman–Crippen MR) is 88.6 cm³/mol. The summed E-state index contributed by atoms with van der Waals surface area (Å²) in [6, 6.07) is 15.9. The van der Waals surface area contributed by atoms with Gasteiger partial charge >= 0.3 is 0 Å². The smallest absolute Gasteiger partial charge is 0.123 e. The minimum absolute atomic E-state index is 0.274. The third kappa shape index (κ3) is 3.48. The van der Waals surface area contributed by atoms with E-state index in [-0.39, 0.29) is 11.1 Å². The molecule has 3 rings (SSSR count). The molecule has 0 saturated carbocycles. The number of benzene rings is 2. The van der Waals surface area contributed by atoms with E-state index in [9.17, 15) is 8.60 Å². The molecule has 0 unspecified atom stereocenters. The Labute approximate surface area is 135 Å². The summed E-state index contributed by atoms with van der Waals surface area (Å²) in [6.45, 7) is 0. The van der Waals surface area contributed by atoms with Gasteiger partial charge in [-0.15, -0.1) is 11.3 Å². The Balaban J connectivity index is 1.95. The van der Waals surface area contributed by atoms with E-state index in [0.717, 1.165) is 16.0 Å². The first-order valence-electron chi connectivity index (χ1n) is 6.79. The zero-order valence-electron chi connectivity index (χ0n) is 11.7. The van der Waals surface area contributed by atoms with Gasteiger partial charge in [-0.25, -0.2) is 4.39 Å². The summed E-state index contributed by atoms with van der Waals surface area (Å²) in [7, 11) is -1.15. The highest BCUT2D eigenvalue weighted by Crippen LogP contribution is 2.30. The van der Waals surface area contributed by atoms with E-state index < -0.39 is 10.8 Å². The Bertz CT molecular complexity index is 742. The molecule has 0 aliphatic heterocycles. The van der Waals surface area contributed by atoms with E-state index in [2.05, 4.69) is 4.98 Å². The first kappa shape index (κ1) is 15.1. The topological polar surface area (TPSA) is 30.0 Å². The van der Waals surface area contributed by atoms with Crippen LogP contribution in [0.25, 0.3) is 0 Å². The number of rotatable bonds is 5. The van der Waals surface area contributed by atoms with Crippen molar-refractivity contribution in [2.45, 2.75) is 11.0 Å². The van der Waals surface area contributed by atoms with E-state index >= 15 is 0 Å². The fraction of sp³-hybridized carbons (Fsp3) is 0.118. The number of hydrogen-bond acceptors (Lipinski definition) is 3. The average Bonchev–Trinajstić information content (AvgIpc) is 3.03. The molecule has 2 nitrogen and oxygen atoms in total. The molecule has 3 aromatic rings. The van der Waals surface area contributed by atoms with Gasteiger partial charge in [-0.05, 0) is 23.3 Å². The number of thiazole rings is 1. The molecule has 0 aliphatic carbocycles. The molecule has 0 radical (unpaired) electrons. The molecule has 1 heterocycles. The van der Waals surface area contributed by atoms with E-state index in [4.69, 9.17) is 0 Å². The zero-order chi connectivity index (χ0) is 15.4. The molecule has 22 heavy (non-hydrogen) atoms. The highest BCUT2D eigenvalue weighted by atomic mass is 32.2. The van der Waals surface area contributed by atoms with Crippen molar-refractivity contribution < 1.29 is 8.60 Å². The lowest BCUT2D eigenvalue weighted by atomic mass is 10.0. The van der Waals surface area contributed by atoms with Gasteiger partial charge in [0.1, 0.15) is 5.82 Å². The quantitative estimate of drug-likeness (QED) is 0.697. The summed E-state index contributed by atoms with van der Waals surface area (Å²) in [4.78, 5) is 5.01. The van der Waals surface area contributed by atoms with Gasteiger partial charge in [0.2, 0.25) is 0 Å². The summed E-state index contributed by atoms with van der Waals surface area (Å²) < 4.78 is 26.1. The molecular formula is C17H14FNOS2. The van der Waals surface area contributed by atoms with Gasteiger partial charge in [0, 0.05) is 21.9 Å². The summed E-state index contributed by atoms with van der Waals surface area (Å²) in [5, 5.41) is -0.274. The maximum absolute atomic E-state index is 13.2. The molecule has 0 N–H and O–H groups in total. The van der Waals surface area contributed by atoms with Crippen molar-refractivity contribution in [3.8, 4) is 0 Å². The van der Waals surface area contributed by atoms with E-state index in [0.29, 0.717) is 5.75 Å². The molecule has 0 amide bonds. The maximum Gasteiger partial charge on any atom is 0.123 e. The van der Waals surface area contributed by atoms with Gasteiger partial charge in [-0.3, -0.25) is 9.19 Å². The third-order valence-electron chi connectivity index (χ3n) is 3.31. The molecule has 0 aliphatic rings. The van der Waals surface area contributed by atoms with Crippen molar-refractivity contribution in [1.29, 1.82) is 0 Å². The van der Waals surface area contributed by atoms with Crippen LogP contribution in [-0.4, -0.2) is 9.19 Å². The molecule has 1 aromatic heterocycles. The molecule has 0 bridgehead atoms. The van der Waals surface area contributed by atoms with Crippen LogP contribution in [0.5, 0.6) is 0 Å². The fourth-order valence-electron chi connectivity index (χ4n) is 2.30. The molecule has 0 saturated heterocycles. The highest BCUT2D eigenvalue weighted by molar-refractivity contribution is 7.84. The Hall–Kier alpha value is -1.85. The number of halogens is 1. The summed E-state index contributed by atoms with van der Waals surface area (Å²) in [6.07, 6.45) is 1.75. The van der Waals surface area contributed by atoms with Crippen LogP contribution >= 0.6 is 11.3 Å². The van der Waals surface area contributed by atoms with Crippen molar-refractivity contribution in [3.63, 3.8) is 0 Å². The first-order chi connectivity index (χ1) is 10.7. The Morgan fingerprint density at radius 3 is 2.36 bits per heavy atom. The van der Waals surface area contributed by atoms with Crippen LogP contribution in [0.3, 0.4) is 0 Å². The maximum atomic E-state index is 13.2. The molecule has 2 atom stereocenters. The normalized spacial score (nSPS) is 13.7.